The molecule has 100 valence electrons. The second-order valence-electron chi connectivity index (χ2n) is 4.21. The molecule has 2 rings (SSSR count). The summed E-state index contributed by atoms with van der Waals surface area (Å²) in [4.78, 5) is 4.16. The van der Waals surface area contributed by atoms with Crippen LogP contribution in [0.3, 0.4) is 0 Å². The molecular weight excluding hydrogens is 243 g/mol. The summed E-state index contributed by atoms with van der Waals surface area (Å²) in [6.45, 7) is 3.66. The summed E-state index contributed by atoms with van der Waals surface area (Å²) in [5.74, 6) is 0.208. The van der Waals surface area contributed by atoms with Gasteiger partial charge in [-0.15, -0.1) is 0 Å². The standard InChI is InChI=1S/C15H17FN2O/c1-3-17-8-11-6-12(10-18-9-11)14-5-4-13(19-2)7-15(14)16/h4-7,9-10,17H,3,8H2,1-2H3. The average molecular weight is 260 g/mol. The van der Waals surface area contributed by atoms with Gasteiger partial charge in [0, 0.05) is 36.1 Å². The number of ether oxygens (including phenoxy) is 1. The molecule has 3 nitrogen and oxygen atoms in total. The van der Waals surface area contributed by atoms with Gasteiger partial charge < -0.3 is 10.1 Å². The number of nitrogens with zero attached hydrogens (tertiary/aromatic N) is 1. The van der Waals surface area contributed by atoms with Gasteiger partial charge in [-0.05, 0) is 30.3 Å². The Kier molecular flexibility index (Phi) is 4.47. The van der Waals surface area contributed by atoms with Crippen molar-refractivity contribution >= 4 is 0 Å². The van der Waals surface area contributed by atoms with Crippen LogP contribution in [0.25, 0.3) is 11.1 Å². The van der Waals surface area contributed by atoms with Crippen molar-refractivity contribution in [2.45, 2.75) is 13.5 Å². The zero-order valence-electron chi connectivity index (χ0n) is 11.1. The summed E-state index contributed by atoms with van der Waals surface area (Å²) in [5.41, 5.74) is 2.34. The molecule has 2 aromatic rings. The third-order valence-corrected chi connectivity index (χ3v) is 2.86. The normalized spacial score (nSPS) is 10.5. The Morgan fingerprint density at radius 1 is 1.26 bits per heavy atom. The van der Waals surface area contributed by atoms with E-state index in [2.05, 4.69) is 10.3 Å². The van der Waals surface area contributed by atoms with Crippen LogP contribution in [-0.4, -0.2) is 18.6 Å². The van der Waals surface area contributed by atoms with Crippen LogP contribution in [-0.2, 0) is 6.54 Å². The van der Waals surface area contributed by atoms with E-state index in [1.165, 1.54) is 13.2 Å². The molecule has 0 saturated heterocycles. The minimum atomic E-state index is -0.304. The van der Waals surface area contributed by atoms with Crippen molar-refractivity contribution in [3.63, 3.8) is 0 Å². The molecule has 1 heterocycles. The van der Waals surface area contributed by atoms with Gasteiger partial charge in [-0.1, -0.05) is 6.92 Å². The van der Waals surface area contributed by atoms with Gasteiger partial charge in [0.2, 0.25) is 0 Å². The third-order valence-electron chi connectivity index (χ3n) is 2.86. The van der Waals surface area contributed by atoms with E-state index in [9.17, 15) is 4.39 Å². The van der Waals surface area contributed by atoms with Crippen LogP contribution < -0.4 is 10.1 Å². The molecule has 1 aromatic carbocycles. The molecule has 0 fully saturated rings. The molecule has 0 radical (unpaired) electrons. The third kappa shape index (κ3) is 3.29. The van der Waals surface area contributed by atoms with E-state index in [1.807, 2.05) is 13.0 Å². The fourth-order valence-electron chi connectivity index (χ4n) is 1.86. The van der Waals surface area contributed by atoms with Crippen molar-refractivity contribution in [1.29, 1.82) is 0 Å². The molecule has 0 aliphatic carbocycles. The molecule has 4 heteroatoms. The highest BCUT2D eigenvalue weighted by Gasteiger charge is 2.07. The van der Waals surface area contributed by atoms with Crippen molar-refractivity contribution in [2.24, 2.45) is 0 Å². The van der Waals surface area contributed by atoms with Crippen LogP contribution in [0.15, 0.2) is 36.7 Å². The quantitative estimate of drug-likeness (QED) is 0.897. The van der Waals surface area contributed by atoms with Gasteiger partial charge in [0.15, 0.2) is 0 Å². The van der Waals surface area contributed by atoms with Gasteiger partial charge in [-0.2, -0.15) is 0 Å². The monoisotopic (exact) mass is 260 g/mol. The number of benzene rings is 1. The van der Waals surface area contributed by atoms with E-state index in [0.29, 0.717) is 11.3 Å². The SMILES string of the molecule is CCNCc1cncc(-c2ccc(OC)cc2F)c1. The van der Waals surface area contributed by atoms with Crippen molar-refractivity contribution in [2.75, 3.05) is 13.7 Å². The van der Waals surface area contributed by atoms with Crippen molar-refractivity contribution < 1.29 is 9.13 Å². The van der Waals surface area contributed by atoms with Gasteiger partial charge in [-0.3, -0.25) is 4.98 Å². The lowest BCUT2D eigenvalue weighted by atomic mass is 10.1. The fraction of sp³-hybridized carbons (Fsp3) is 0.267. The molecule has 0 unspecified atom stereocenters. The van der Waals surface area contributed by atoms with E-state index in [1.54, 1.807) is 24.5 Å². The second kappa shape index (κ2) is 6.29. The first-order valence-corrected chi connectivity index (χ1v) is 6.23. The number of hydrogen-bond donors (Lipinski definition) is 1. The summed E-state index contributed by atoms with van der Waals surface area (Å²) < 4.78 is 19.0. The number of hydrogen-bond acceptors (Lipinski definition) is 3. The Labute approximate surface area is 112 Å². The highest BCUT2D eigenvalue weighted by Crippen LogP contribution is 2.26. The van der Waals surface area contributed by atoms with E-state index in [-0.39, 0.29) is 5.82 Å². The van der Waals surface area contributed by atoms with Crippen molar-refractivity contribution in [1.82, 2.24) is 10.3 Å². The van der Waals surface area contributed by atoms with Crippen LogP contribution in [0.1, 0.15) is 12.5 Å². The summed E-state index contributed by atoms with van der Waals surface area (Å²) in [7, 11) is 1.52. The highest BCUT2D eigenvalue weighted by atomic mass is 19.1. The van der Waals surface area contributed by atoms with E-state index < -0.39 is 0 Å². The maximum Gasteiger partial charge on any atom is 0.134 e. The van der Waals surface area contributed by atoms with Gasteiger partial charge >= 0.3 is 0 Å². The first-order chi connectivity index (χ1) is 9.24. The molecule has 0 aliphatic heterocycles. The van der Waals surface area contributed by atoms with Crippen LogP contribution in [0.4, 0.5) is 4.39 Å². The first kappa shape index (κ1) is 13.5. The number of rotatable bonds is 5. The van der Waals surface area contributed by atoms with Crippen LogP contribution in [0.2, 0.25) is 0 Å². The van der Waals surface area contributed by atoms with E-state index in [0.717, 1.165) is 24.2 Å². The molecule has 0 spiro atoms. The molecule has 0 atom stereocenters. The predicted octanol–water partition coefficient (Wildman–Crippen LogP) is 3.01. The summed E-state index contributed by atoms with van der Waals surface area (Å²) in [5, 5.41) is 3.22. The number of halogens is 1. The van der Waals surface area contributed by atoms with Crippen LogP contribution >= 0.6 is 0 Å². The van der Waals surface area contributed by atoms with E-state index >= 15 is 0 Å². The van der Waals surface area contributed by atoms with Gasteiger partial charge in [-0.25, -0.2) is 4.39 Å². The molecule has 0 amide bonds. The van der Waals surface area contributed by atoms with Gasteiger partial charge in [0.05, 0.1) is 7.11 Å². The van der Waals surface area contributed by atoms with Crippen molar-refractivity contribution in [3.05, 3.63) is 48.0 Å². The molecule has 1 N–H and O–H groups in total. The number of nitrogens with one attached hydrogen (secondary N) is 1. The number of methoxy groups -OCH3 is 1. The number of pyridine rings is 1. The minimum Gasteiger partial charge on any atom is -0.497 e. The lowest BCUT2D eigenvalue weighted by Gasteiger charge is -2.08. The highest BCUT2D eigenvalue weighted by molar-refractivity contribution is 5.64. The maximum atomic E-state index is 14.0. The average Bonchev–Trinajstić information content (AvgIpc) is 2.45. The van der Waals surface area contributed by atoms with E-state index in [4.69, 9.17) is 4.74 Å². The van der Waals surface area contributed by atoms with Crippen LogP contribution in [0, 0.1) is 5.82 Å². The fourth-order valence-corrected chi connectivity index (χ4v) is 1.86. The Hall–Kier alpha value is -1.94. The Morgan fingerprint density at radius 2 is 2.11 bits per heavy atom. The van der Waals surface area contributed by atoms with Crippen molar-refractivity contribution in [3.8, 4) is 16.9 Å². The molecule has 0 aliphatic rings. The zero-order chi connectivity index (χ0) is 13.7. The first-order valence-electron chi connectivity index (χ1n) is 6.23. The number of aromatic nitrogens is 1. The minimum absolute atomic E-state index is 0.304. The predicted molar refractivity (Wildman–Crippen MR) is 73.6 cm³/mol. The molecule has 0 bridgehead atoms. The molecular formula is C15H17FN2O. The summed E-state index contributed by atoms with van der Waals surface area (Å²) in [6.07, 6.45) is 3.45. The Morgan fingerprint density at radius 3 is 2.79 bits per heavy atom. The molecule has 19 heavy (non-hydrogen) atoms. The summed E-state index contributed by atoms with van der Waals surface area (Å²) >= 11 is 0. The maximum absolute atomic E-state index is 14.0. The topological polar surface area (TPSA) is 34.2 Å². The Bertz CT molecular complexity index is 558. The lowest BCUT2D eigenvalue weighted by molar-refractivity contribution is 0.411. The summed E-state index contributed by atoms with van der Waals surface area (Å²) in [6, 6.07) is 6.78. The van der Waals surface area contributed by atoms with Gasteiger partial charge in [0.25, 0.3) is 0 Å². The zero-order valence-corrected chi connectivity index (χ0v) is 11.1. The van der Waals surface area contributed by atoms with Gasteiger partial charge in [0.1, 0.15) is 11.6 Å². The molecule has 0 saturated carbocycles. The Balaban J connectivity index is 2.30. The lowest BCUT2D eigenvalue weighted by Crippen LogP contribution is -2.11. The second-order valence-corrected chi connectivity index (χ2v) is 4.21. The molecule has 1 aromatic heterocycles. The largest absolute Gasteiger partial charge is 0.497 e. The van der Waals surface area contributed by atoms with Crippen LogP contribution in [0.5, 0.6) is 5.75 Å². The smallest absolute Gasteiger partial charge is 0.134 e.